The molecule has 1 unspecified atom stereocenters. The van der Waals surface area contributed by atoms with Crippen molar-refractivity contribution in [2.24, 2.45) is 5.92 Å². The molecule has 0 rings (SSSR count). The first kappa shape index (κ1) is 30.1. The molecule has 31 heavy (non-hydrogen) atoms. The monoisotopic (exact) mass is 438 g/mol. The van der Waals surface area contributed by atoms with E-state index in [4.69, 9.17) is 4.74 Å². The summed E-state index contributed by atoms with van der Waals surface area (Å²) in [5.74, 6) is -0.881. The van der Waals surface area contributed by atoms with Crippen molar-refractivity contribution in [2.45, 2.75) is 156 Å². The van der Waals surface area contributed by atoms with Crippen LogP contribution in [0.2, 0.25) is 0 Å². The minimum absolute atomic E-state index is 0.0421. The number of rotatable bonds is 24. The molecule has 3 nitrogen and oxygen atoms in total. The SMILES string of the molecule is CCCCCCCCCCCCCCCCOC(=O)C(CCCCCCCC)C(C)=O. The molecule has 0 saturated heterocycles. The van der Waals surface area contributed by atoms with Gasteiger partial charge >= 0.3 is 5.97 Å². The van der Waals surface area contributed by atoms with E-state index in [0.29, 0.717) is 13.0 Å². The number of hydrogen-bond donors (Lipinski definition) is 0. The number of Topliss-reactive ketones (excluding diaryl/α,β-unsaturated/α-hetero) is 1. The molecule has 0 aromatic rings. The molecule has 184 valence electrons. The maximum absolute atomic E-state index is 12.2. The van der Waals surface area contributed by atoms with E-state index in [2.05, 4.69) is 13.8 Å². The van der Waals surface area contributed by atoms with Gasteiger partial charge in [-0.05, 0) is 19.8 Å². The fourth-order valence-corrected chi connectivity index (χ4v) is 4.19. The van der Waals surface area contributed by atoms with E-state index in [-0.39, 0.29) is 11.8 Å². The van der Waals surface area contributed by atoms with Gasteiger partial charge in [-0.3, -0.25) is 9.59 Å². The Balaban J connectivity index is 3.52. The third kappa shape index (κ3) is 20.8. The number of hydrogen-bond acceptors (Lipinski definition) is 3. The molecule has 0 aliphatic carbocycles. The van der Waals surface area contributed by atoms with Gasteiger partial charge in [0.1, 0.15) is 11.7 Å². The molecule has 0 aromatic carbocycles. The molecule has 0 spiro atoms. The fourth-order valence-electron chi connectivity index (χ4n) is 4.19. The Hall–Kier alpha value is -0.860. The largest absolute Gasteiger partial charge is 0.465 e. The Morgan fingerprint density at radius 2 is 0.903 bits per heavy atom. The Labute approximate surface area is 194 Å². The summed E-state index contributed by atoms with van der Waals surface area (Å²) in [4.78, 5) is 24.1. The average Bonchev–Trinajstić information content (AvgIpc) is 2.75. The van der Waals surface area contributed by atoms with Gasteiger partial charge in [-0.25, -0.2) is 0 Å². The van der Waals surface area contributed by atoms with Crippen molar-refractivity contribution in [1.29, 1.82) is 0 Å². The first-order chi connectivity index (χ1) is 15.1. The summed E-state index contributed by atoms with van der Waals surface area (Å²) in [5.41, 5.74) is 0. The Bertz CT molecular complexity index is 405. The smallest absolute Gasteiger partial charge is 0.316 e. The van der Waals surface area contributed by atoms with Crippen molar-refractivity contribution in [3.05, 3.63) is 0 Å². The van der Waals surface area contributed by atoms with Crippen LogP contribution in [0.1, 0.15) is 156 Å². The molecule has 3 heteroatoms. The molecule has 0 radical (unpaired) electrons. The molecule has 0 fully saturated rings. The number of esters is 1. The first-order valence-corrected chi connectivity index (χ1v) is 13.8. The van der Waals surface area contributed by atoms with Crippen molar-refractivity contribution in [3.8, 4) is 0 Å². The van der Waals surface area contributed by atoms with Crippen LogP contribution in [-0.4, -0.2) is 18.4 Å². The van der Waals surface area contributed by atoms with Gasteiger partial charge in [0, 0.05) is 0 Å². The second-order valence-electron chi connectivity index (χ2n) is 9.48. The number of carbonyl (C=O) groups excluding carboxylic acids is 2. The van der Waals surface area contributed by atoms with Gasteiger partial charge in [0.2, 0.25) is 0 Å². The molecule has 0 amide bonds. The lowest BCUT2D eigenvalue weighted by Gasteiger charge is -2.13. The van der Waals surface area contributed by atoms with Gasteiger partial charge in [-0.15, -0.1) is 0 Å². The fraction of sp³-hybridized carbons (Fsp3) is 0.929. The van der Waals surface area contributed by atoms with Gasteiger partial charge in [0.25, 0.3) is 0 Å². The van der Waals surface area contributed by atoms with Crippen molar-refractivity contribution < 1.29 is 14.3 Å². The van der Waals surface area contributed by atoms with Crippen molar-refractivity contribution in [3.63, 3.8) is 0 Å². The molecule has 0 aliphatic heterocycles. The number of ketones is 1. The molecule has 0 bridgehead atoms. The normalized spacial score (nSPS) is 12.1. The van der Waals surface area contributed by atoms with E-state index in [0.717, 1.165) is 25.7 Å². The average molecular weight is 439 g/mol. The minimum Gasteiger partial charge on any atom is -0.465 e. The van der Waals surface area contributed by atoms with E-state index in [1.165, 1.54) is 110 Å². The zero-order valence-corrected chi connectivity index (χ0v) is 21.4. The van der Waals surface area contributed by atoms with E-state index in [9.17, 15) is 9.59 Å². The van der Waals surface area contributed by atoms with Crippen LogP contribution in [0.15, 0.2) is 0 Å². The van der Waals surface area contributed by atoms with E-state index in [1.54, 1.807) is 0 Å². The van der Waals surface area contributed by atoms with Crippen LogP contribution in [0, 0.1) is 5.92 Å². The molecular formula is C28H54O3. The Morgan fingerprint density at radius 3 is 1.29 bits per heavy atom. The summed E-state index contributed by atoms with van der Waals surface area (Å²) >= 11 is 0. The van der Waals surface area contributed by atoms with Crippen molar-refractivity contribution in [2.75, 3.05) is 6.61 Å². The van der Waals surface area contributed by atoms with Crippen LogP contribution in [0.25, 0.3) is 0 Å². The third-order valence-corrected chi connectivity index (χ3v) is 6.36. The van der Waals surface area contributed by atoms with Crippen LogP contribution in [0.5, 0.6) is 0 Å². The summed E-state index contributed by atoms with van der Waals surface area (Å²) in [6.45, 7) is 6.47. The lowest BCUT2D eigenvalue weighted by molar-refractivity contribution is -0.152. The summed E-state index contributed by atoms with van der Waals surface area (Å²) in [6, 6.07) is 0. The van der Waals surface area contributed by atoms with Crippen LogP contribution in [0.4, 0.5) is 0 Å². The van der Waals surface area contributed by atoms with Gasteiger partial charge < -0.3 is 4.74 Å². The van der Waals surface area contributed by atoms with Gasteiger partial charge in [0.15, 0.2) is 0 Å². The predicted molar refractivity (Wildman–Crippen MR) is 133 cm³/mol. The summed E-state index contributed by atoms with van der Waals surface area (Å²) in [6.07, 6.45) is 26.1. The number of carbonyl (C=O) groups is 2. The van der Waals surface area contributed by atoms with Crippen molar-refractivity contribution in [1.82, 2.24) is 0 Å². The lowest BCUT2D eigenvalue weighted by Crippen LogP contribution is -2.24. The Kier molecular flexibility index (Phi) is 23.1. The number of unbranched alkanes of at least 4 members (excludes halogenated alkanes) is 18. The second kappa shape index (κ2) is 23.8. The quantitative estimate of drug-likeness (QED) is 0.0857. The highest BCUT2D eigenvalue weighted by molar-refractivity contribution is 5.97. The molecule has 0 N–H and O–H groups in total. The maximum Gasteiger partial charge on any atom is 0.316 e. The van der Waals surface area contributed by atoms with Crippen LogP contribution < -0.4 is 0 Å². The highest BCUT2D eigenvalue weighted by Gasteiger charge is 2.24. The molecule has 0 aromatic heterocycles. The zero-order chi connectivity index (χ0) is 23.0. The molecule has 0 saturated carbocycles. The number of ether oxygens (including phenoxy) is 1. The summed E-state index contributed by atoms with van der Waals surface area (Å²) in [5, 5.41) is 0. The van der Waals surface area contributed by atoms with E-state index in [1.807, 2.05) is 0 Å². The first-order valence-electron chi connectivity index (χ1n) is 13.8. The van der Waals surface area contributed by atoms with E-state index >= 15 is 0 Å². The maximum atomic E-state index is 12.2. The van der Waals surface area contributed by atoms with Crippen LogP contribution >= 0.6 is 0 Å². The third-order valence-electron chi connectivity index (χ3n) is 6.36. The summed E-state index contributed by atoms with van der Waals surface area (Å²) in [7, 11) is 0. The zero-order valence-electron chi connectivity index (χ0n) is 21.4. The second-order valence-corrected chi connectivity index (χ2v) is 9.48. The van der Waals surface area contributed by atoms with Gasteiger partial charge in [-0.2, -0.15) is 0 Å². The highest BCUT2D eigenvalue weighted by Crippen LogP contribution is 2.16. The van der Waals surface area contributed by atoms with Crippen LogP contribution in [-0.2, 0) is 14.3 Å². The standard InChI is InChI=1S/C28H54O3/c1-4-6-8-10-12-13-14-15-16-17-18-19-21-23-25-31-28(30)27(26(3)29)24-22-20-11-9-7-5-2/h27H,4-25H2,1-3H3. The van der Waals surface area contributed by atoms with E-state index < -0.39 is 5.92 Å². The minimum atomic E-state index is -0.544. The molecular weight excluding hydrogens is 384 g/mol. The molecule has 0 heterocycles. The topological polar surface area (TPSA) is 43.4 Å². The van der Waals surface area contributed by atoms with Gasteiger partial charge in [-0.1, -0.05) is 136 Å². The molecule has 0 aliphatic rings. The summed E-state index contributed by atoms with van der Waals surface area (Å²) < 4.78 is 5.41. The highest BCUT2D eigenvalue weighted by atomic mass is 16.5. The van der Waals surface area contributed by atoms with Crippen LogP contribution in [0.3, 0.4) is 0 Å². The Morgan fingerprint density at radius 1 is 0.548 bits per heavy atom. The van der Waals surface area contributed by atoms with Gasteiger partial charge in [0.05, 0.1) is 6.61 Å². The van der Waals surface area contributed by atoms with Crippen molar-refractivity contribution >= 4 is 11.8 Å². The lowest BCUT2D eigenvalue weighted by atomic mass is 9.97. The predicted octanol–water partition coefficient (Wildman–Crippen LogP) is 8.97. The molecule has 1 atom stereocenters.